The predicted molar refractivity (Wildman–Crippen MR) is 143 cm³/mol. The SMILES string of the molecule is COC(=O)[C@H](C[C@@H]1CCNC1=O)NC(=O)[C@@H]1C(C(C)C)CCN1C(=O)[C@@H](NC(=O)NC(C)(C)C)C(C)(C)C. The van der Waals surface area contributed by atoms with Gasteiger partial charge in [-0.25, -0.2) is 9.59 Å². The number of ether oxygens (including phenoxy) is 1. The molecule has 216 valence electrons. The molecular formula is C27H47N5O6. The highest BCUT2D eigenvalue weighted by molar-refractivity contribution is 5.94. The van der Waals surface area contributed by atoms with Crippen LogP contribution in [0.1, 0.15) is 74.7 Å². The van der Waals surface area contributed by atoms with Crippen LogP contribution < -0.4 is 21.3 Å². The van der Waals surface area contributed by atoms with Crippen LogP contribution in [0.3, 0.4) is 0 Å². The third-order valence-electron chi connectivity index (χ3n) is 7.21. The molecule has 5 amide bonds. The summed E-state index contributed by atoms with van der Waals surface area (Å²) in [7, 11) is 1.24. The van der Waals surface area contributed by atoms with E-state index in [1.54, 1.807) is 0 Å². The van der Waals surface area contributed by atoms with Crippen LogP contribution in [0, 0.1) is 23.2 Å². The van der Waals surface area contributed by atoms with Gasteiger partial charge in [-0.15, -0.1) is 0 Å². The molecule has 4 N–H and O–H groups in total. The van der Waals surface area contributed by atoms with Gasteiger partial charge >= 0.3 is 12.0 Å². The summed E-state index contributed by atoms with van der Waals surface area (Å²) >= 11 is 0. The molecular weight excluding hydrogens is 490 g/mol. The monoisotopic (exact) mass is 537 g/mol. The van der Waals surface area contributed by atoms with E-state index in [0.717, 1.165) is 0 Å². The minimum absolute atomic E-state index is 0.0889. The third kappa shape index (κ3) is 8.07. The number of urea groups is 1. The van der Waals surface area contributed by atoms with Gasteiger partial charge in [0, 0.05) is 24.5 Å². The highest BCUT2D eigenvalue weighted by atomic mass is 16.5. The largest absolute Gasteiger partial charge is 0.467 e. The number of carbonyl (C=O) groups is 5. The molecule has 11 heteroatoms. The molecule has 0 spiro atoms. The van der Waals surface area contributed by atoms with Gasteiger partial charge < -0.3 is 30.9 Å². The zero-order valence-electron chi connectivity index (χ0n) is 24.4. The number of hydrogen-bond donors (Lipinski definition) is 4. The first-order valence-electron chi connectivity index (χ1n) is 13.5. The summed E-state index contributed by atoms with van der Waals surface area (Å²) in [5.74, 6) is -2.06. The Morgan fingerprint density at radius 2 is 1.68 bits per heavy atom. The van der Waals surface area contributed by atoms with E-state index in [1.807, 2.05) is 55.4 Å². The molecule has 38 heavy (non-hydrogen) atoms. The average Bonchev–Trinajstić information content (AvgIpc) is 3.40. The summed E-state index contributed by atoms with van der Waals surface area (Å²) in [6, 6.07) is -3.19. The van der Waals surface area contributed by atoms with E-state index in [1.165, 1.54) is 12.0 Å². The number of methoxy groups -OCH3 is 1. The van der Waals surface area contributed by atoms with Gasteiger partial charge in [-0.1, -0.05) is 34.6 Å². The number of likely N-dealkylation sites (tertiary alicyclic amines) is 1. The molecule has 0 saturated carbocycles. The van der Waals surface area contributed by atoms with Crippen molar-refractivity contribution < 1.29 is 28.7 Å². The fourth-order valence-electron chi connectivity index (χ4n) is 5.19. The van der Waals surface area contributed by atoms with Crippen molar-refractivity contribution in [3.05, 3.63) is 0 Å². The smallest absolute Gasteiger partial charge is 0.328 e. The van der Waals surface area contributed by atoms with Crippen LogP contribution in [-0.4, -0.2) is 78.5 Å². The first-order valence-corrected chi connectivity index (χ1v) is 13.5. The van der Waals surface area contributed by atoms with E-state index < -0.39 is 52.9 Å². The molecule has 2 saturated heterocycles. The summed E-state index contributed by atoms with van der Waals surface area (Å²) in [6.45, 7) is 16.0. The number of hydrogen-bond acceptors (Lipinski definition) is 6. The molecule has 11 nitrogen and oxygen atoms in total. The van der Waals surface area contributed by atoms with Crippen molar-refractivity contribution in [2.24, 2.45) is 23.2 Å². The van der Waals surface area contributed by atoms with E-state index in [4.69, 9.17) is 4.74 Å². The van der Waals surface area contributed by atoms with E-state index in [9.17, 15) is 24.0 Å². The van der Waals surface area contributed by atoms with Gasteiger partial charge in [0.1, 0.15) is 18.1 Å². The molecule has 2 rings (SSSR count). The second kappa shape index (κ2) is 12.3. The topological polar surface area (TPSA) is 146 Å². The Morgan fingerprint density at radius 3 is 2.16 bits per heavy atom. The van der Waals surface area contributed by atoms with Crippen LogP contribution in [0.2, 0.25) is 0 Å². The Labute approximate surface area is 226 Å². The van der Waals surface area contributed by atoms with Gasteiger partial charge in [-0.05, 0) is 57.3 Å². The lowest BCUT2D eigenvalue weighted by Crippen LogP contribution is -2.61. The van der Waals surface area contributed by atoms with Crippen LogP contribution in [0.5, 0.6) is 0 Å². The van der Waals surface area contributed by atoms with Gasteiger partial charge in [0.2, 0.25) is 17.7 Å². The lowest BCUT2D eigenvalue weighted by Gasteiger charge is -2.37. The fourth-order valence-corrected chi connectivity index (χ4v) is 5.19. The Bertz CT molecular complexity index is 907. The highest BCUT2D eigenvalue weighted by Crippen LogP contribution is 2.33. The molecule has 0 radical (unpaired) electrons. The maximum Gasteiger partial charge on any atom is 0.328 e. The zero-order valence-corrected chi connectivity index (χ0v) is 24.4. The lowest BCUT2D eigenvalue weighted by molar-refractivity contribution is -0.148. The van der Waals surface area contributed by atoms with Crippen LogP contribution in [0.15, 0.2) is 0 Å². The summed E-state index contributed by atoms with van der Waals surface area (Å²) < 4.78 is 4.92. The minimum Gasteiger partial charge on any atom is -0.467 e. The fraction of sp³-hybridized carbons (Fsp3) is 0.815. The first-order chi connectivity index (χ1) is 17.5. The Hall–Kier alpha value is -2.85. The summed E-state index contributed by atoms with van der Waals surface area (Å²) in [5, 5.41) is 11.2. The number of nitrogens with zero attached hydrogens (tertiary/aromatic N) is 1. The molecule has 2 aliphatic heterocycles. The Kier molecular flexibility index (Phi) is 10.2. The summed E-state index contributed by atoms with van der Waals surface area (Å²) in [6.07, 6.45) is 1.30. The normalized spacial score (nSPS) is 23.5. The van der Waals surface area contributed by atoms with E-state index in [2.05, 4.69) is 21.3 Å². The van der Waals surface area contributed by atoms with Crippen molar-refractivity contribution in [1.82, 2.24) is 26.2 Å². The van der Waals surface area contributed by atoms with Crippen molar-refractivity contribution in [3.8, 4) is 0 Å². The molecule has 0 bridgehead atoms. The van der Waals surface area contributed by atoms with Crippen molar-refractivity contribution in [3.63, 3.8) is 0 Å². The van der Waals surface area contributed by atoms with Crippen LogP contribution in [0.4, 0.5) is 4.79 Å². The van der Waals surface area contributed by atoms with Gasteiger partial charge in [0.25, 0.3) is 0 Å². The molecule has 0 aromatic rings. The first kappa shape index (κ1) is 31.4. The second-order valence-corrected chi connectivity index (χ2v) is 12.9. The number of amides is 5. The Morgan fingerprint density at radius 1 is 1.05 bits per heavy atom. The van der Waals surface area contributed by atoms with Crippen LogP contribution >= 0.6 is 0 Å². The van der Waals surface area contributed by atoms with Crippen molar-refractivity contribution in [2.75, 3.05) is 20.2 Å². The van der Waals surface area contributed by atoms with Gasteiger partial charge in [-0.3, -0.25) is 14.4 Å². The minimum atomic E-state index is -1.01. The van der Waals surface area contributed by atoms with E-state index in [-0.39, 0.29) is 30.1 Å². The van der Waals surface area contributed by atoms with Crippen LogP contribution in [-0.2, 0) is 23.9 Å². The second-order valence-electron chi connectivity index (χ2n) is 12.9. The molecule has 2 fully saturated rings. The van der Waals surface area contributed by atoms with Gasteiger partial charge in [-0.2, -0.15) is 0 Å². The number of nitrogens with one attached hydrogen (secondary N) is 4. The lowest BCUT2D eigenvalue weighted by atomic mass is 9.84. The molecule has 5 atom stereocenters. The predicted octanol–water partition coefficient (Wildman–Crippen LogP) is 1.56. The molecule has 0 aromatic carbocycles. The van der Waals surface area contributed by atoms with Crippen molar-refractivity contribution >= 4 is 29.7 Å². The zero-order chi connectivity index (χ0) is 29.0. The quantitative estimate of drug-likeness (QED) is 0.346. The average molecular weight is 538 g/mol. The van der Waals surface area contributed by atoms with E-state index >= 15 is 0 Å². The molecule has 1 unspecified atom stereocenters. The van der Waals surface area contributed by atoms with Gasteiger partial charge in [0.05, 0.1) is 7.11 Å². The van der Waals surface area contributed by atoms with Crippen molar-refractivity contribution in [1.29, 1.82) is 0 Å². The van der Waals surface area contributed by atoms with E-state index in [0.29, 0.717) is 25.9 Å². The number of esters is 1. The number of carbonyl (C=O) groups excluding carboxylic acids is 5. The van der Waals surface area contributed by atoms with Crippen molar-refractivity contribution in [2.45, 2.75) is 98.3 Å². The number of rotatable bonds is 8. The molecule has 2 heterocycles. The molecule has 2 aliphatic rings. The molecule has 0 aliphatic carbocycles. The summed E-state index contributed by atoms with van der Waals surface area (Å²) in [5.41, 5.74) is -1.12. The standard InChI is InChI=1S/C27H47N5O6/c1-15(2)17-11-13-32(23(35)20(26(3,4)5)30-25(37)31-27(6,7)8)19(17)22(34)29-18(24(36)38-9)14-16-10-12-28-21(16)33/h15-20H,10-14H2,1-9H3,(H,28,33)(H,29,34)(H2,30,31,37)/t16-,17?,18-,19-,20+/m0/s1. The maximum atomic E-state index is 13.9. The van der Waals surface area contributed by atoms with Crippen LogP contribution in [0.25, 0.3) is 0 Å². The third-order valence-corrected chi connectivity index (χ3v) is 7.21. The maximum absolute atomic E-state index is 13.9. The van der Waals surface area contributed by atoms with Gasteiger partial charge in [0.15, 0.2) is 0 Å². The molecule has 0 aromatic heterocycles. The highest BCUT2D eigenvalue weighted by Gasteiger charge is 2.48. The Balaban J connectivity index is 2.31. The summed E-state index contributed by atoms with van der Waals surface area (Å²) in [4.78, 5) is 66.6.